The Morgan fingerprint density at radius 3 is 2.81 bits per heavy atom. The van der Waals surface area contributed by atoms with E-state index < -0.39 is 0 Å². The number of carbonyl (C=O) groups excluding carboxylic acids is 1. The number of anilines is 1. The summed E-state index contributed by atoms with van der Waals surface area (Å²) in [5, 5.41) is 6.06. The van der Waals surface area contributed by atoms with Gasteiger partial charge in [-0.05, 0) is 19.3 Å². The second-order valence-electron chi connectivity index (χ2n) is 6.08. The van der Waals surface area contributed by atoms with Gasteiger partial charge in [-0.25, -0.2) is 9.97 Å². The average Bonchev–Trinajstić information content (AvgIpc) is 3.08. The van der Waals surface area contributed by atoms with Crippen LogP contribution in [0.2, 0.25) is 0 Å². The van der Waals surface area contributed by atoms with E-state index in [0.717, 1.165) is 19.3 Å². The maximum absolute atomic E-state index is 12.5. The van der Waals surface area contributed by atoms with Crippen LogP contribution in [0.25, 0.3) is 0 Å². The van der Waals surface area contributed by atoms with E-state index in [1.807, 2.05) is 13.8 Å². The van der Waals surface area contributed by atoms with Gasteiger partial charge in [0.05, 0.1) is 30.1 Å². The summed E-state index contributed by atoms with van der Waals surface area (Å²) in [5.74, 6) is 0.724. The van der Waals surface area contributed by atoms with Gasteiger partial charge in [0.25, 0.3) is 5.91 Å². The lowest BCUT2D eigenvalue weighted by atomic mass is 9.95. The fourth-order valence-electron chi connectivity index (χ4n) is 3.06. The molecule has 1 amide bonds. The van der Waals surface area contributed by atoms with Gasteiger partial charge >= 0.3 is 0 Å². The van der Waals surface area contributed by atoms with Gasteiger partial charge in [-0.1, -0.05) is 13.8 Å². The van der Waals surface area contributed by atoms with Crippen molar-refractivity contribution in [3.05, 3.63) is 17.7 Å². The monoisotopic (exact) mass is 290 g/mol. The van der Waals surface area contributed by atoms with Crippen molar-refractivity contribution in [1.82, 2.24) is 15.3 Å². The van der Waals surface area contributed by atoms with Crippen molar-refractivity contribution < 1.29 is 9.53 Å². The van der Waals surface area contributed by atoms with E-state index in [1.54, 1.807) is 13.2 Å². The molecular formula is C15H22N4O2. The lowest BCUT2D eigenvalue weighted by Gasteiger charge is -2.20. The number of nitrogens with zero attached hydrogens (tertiary/aromatic N) is 2. The van der Waals surface area contributed by atoms with Crippen molar-refractivity contribution in [2.75, 3.05) is 12.4 Å². The fourth-order valence-corrected chi connectivity index (χ4v) is 3.06. The van der Waals surface area contributed by atoms with Gasteiger partial charge in [0.1, 0.15) is 5.82 Å². The molecular weight excluding hydrogens is 268 g/mol. The molecule has 3 rings (SSSR count). The first-order chi connectivity index (χ1) is 10.1. The number of fused-ring (bicyclic) bond motifs is 2. The van der Waals surface area contributed by atoms with E-state index >= 15 is 0 Å². The molecule has 114 valence electrons. The first kappa shape index (κ1) is 14.3. The zero-order valence-corrected chi connectivity index (χ0v) is 12.7. The first-order valence-corrected chi connectivity index (χ1v) is 7.59. The minimum Gasteiger partial charge on any atom is -0.385 e. The number of nitrogens with one attached hydrogen (secondary N) is 2. The predicted molar refractivity (Wildman–Crippen MR) is 79.4 cm³/mol. The molecule has 3 heterocycles. The van der Waals surface area contributed by atoms with E-state index in [0.29, 0.717) is 23.3 Å². The molecule has 0 radical (unpaired) electrons. The predicted octanol–water partition coefficient (Wildman–Crippen LogP) is 1.69. The number of hydrogen-bond acceptors (Lipinski definition) is 5. The third-order valence-electron chi connectivity index (χ3n) is 4.23. The lowest BCUT2D eigenvalue weighted by molar-refractivity contribution is 0.0837. The van der Waals surface area contributed by atoms with Crippen LogP contribution in [0.4, 0.5) is 5.69 Å². The maximum atomic E-state index is 12.5. The molecule has 1 aromatic heterocycles. The van der Waals surface area contributed by atoms with Crippen LogP contribution in [-0.4, -0.2) is 41.2 Å². The van der Waals surface area contributed by atoms with Gasteiger partial charge in [0.15, 0.2) is 5.69 Å². The van der Waals surface area contributed by atoms with Crippen LogP contribution >= 0.6 is 0 Å². The smallest absolute Gasteiger partial charge is 0.272 e. The SMILES string of the molecule is CNc1cnc(C(C)C)nc1C(=O)NC1CC2CCC1O2. The molecule has 3 atom stereocenters. The van der Waals surface area contributed by atoms with Crippen LogP contribution in [0.1, 0.15) is 55.3 Å². The largest absolute Gasteiger partial charge is 0.385 e. The van der Waals surface area contributed by atoms with Gasteiger partial charge in [0.2, 0.25) is 0 Å². The second-order valence-corrected chi connectivity index (χ2v) is 6.08. The summed E-state index contributed by atoms with van der Waals surface area (Å²) in [7, 11) is 1.77. The molecule has 3 unspecified atom stereocenters. The molecule has 2 saturated heterocycles. The summed E-state index contributed by atoms with van der Waals surface area (Å²) >= 11 is 0. The van der Waals surface area contributed by atoms with Crippen molar-refractivity contribution in [2.24, 2.45) is 0 Å². The van der Waals surface area contributed by atoms with E-state index in [-0.39, 0.29) is 24.0 Å². The lowest BCUT2D eigenvalue weighted by Crippen LogP contribution is -2.42. The molecule has 6 heteroatoms. The van der Waals surface area contributed by atoms with E-state index in [4.69, 9.17) is 4.74 Å². The minimum atomic E-state index is -0.148. The van der Waals surface area contributed by atoms with Crippen molar-refractivity contribution in [1.29, 1.82) is 0 Å². The highest BCUT2D eigenvalue weighted by molar-refractivity contribution is 5.97. The van der Waals surface area contributed by atoms with Crippen molar-refractivity contribution in [2.45, 2.75) is 57.3 Å². The molecule has 0 aromatic carbocycles. The number of ether oxygens (including phenoxy) is 1. The van der Waals surface area contributed by atoms with Gasteiger partial charge in [0, 0.05) is 13.0 Å². The molecule has 0 aliphatic carbocycles. The molecule has 2 bridgehead atoms. The van der Waals surface area contributed by atoms with E-state index in [2.05, 4.69) is 20.6 Å². The van der Waals surface area contributed by atoms with Crippen LogP contribution in [0, 0.1) is 0 Å². The second kappa shape index (κ2) is 5.60. The molecule has 2 fully saturated rings. The summed E-state index contributed by atoms with van der Waals surface area (Å²) < 4.78 is 5.78. The van der Waals surface area contributed by atoms with Gasteiger partial charge < -0.3 is 15.4 Å². The van der Waals surface area contributed by atoms with Crippen LogP contribution in [0.5, 0.6) is 0 Å². The first-order valence-electron chi connectivity index (χ1n) is 7.59. The molecule has 2 aliphatic heterocycles. The molecule has 21 heavy (non-hydrogen) atoms. The number of aromatic nitrogens is 2. The normalized spacial score (nSPS) is 27.1. The Morgan fingerprint density at radius 2 is 2.24 bits per heavy atom. The Hall–Kier alpha value is -1.69. The Morgan fingerprint density at radius 1 is 1.43 bits per heavy atom. The van der Waals surface area contributed by atoms with Crippen LogP contribution in [0.15, 0.2) is 6.20 Å². The Kier molecular flexibility index (Phi) is 3.80. The highest BCUT2D eigenvalue weighted by Crippen LogP contribution is 2.34. The third kappa shape index (κ3) is 2.72. The van der Waals surface area contributed by atoms with Crippen molar-refractivity contribution >= 4 is 11.6 Å². The van der Waals surface area contributed by atoms with E-state index in [9.17, 15) is 4.79 Å². The number of hydrogen-bond donors (Lipinski definition) is 2. The highest BCUT2D eigenvalue weighted by atomic mass is 16.5. The molecule has 0 spiro atoms. The van der Waals surface area contributed by atoms with Crippen LogP contribution < -0.4 is 10.6 Å². The van der Waals surface area contributed by atoms with Gasteiger partial charge in [-0.2, -0.15) is 0 Å². The zero-order chi connectivity index (χ0) is 15.0. The summed E-state index contributed by atoms with van der Waals surface area (Å²) in [4.78, 5) is 21.2. The molecule has 0 saturated carbocycles. The number of amides is 1. The molecule has 1 aromatic rings. The van der Waals surface area contributed by atoms with E-state index in [1.165, 1.54) is 0 Å². The van der Waals surface area contributed by atoms with Crippen LogP contribution in [0.3, 0.4) is 0 Å². The highest BCUT2D eigenvalue weighted by Gasteiger charge is 2.41. The minimum absolute atomic E-state index is 0.110. The number of rotatable bonds is 4. The number of carbonyl (C=O) groups is 1. The average molecular weight is 290 g/mol. The van der Waals surface area contributed by atoms with Crippen molar-refractivity contribution in [3.8, 4) is 0 Å². The standard InChI is InChI=1S/C15H22N4O2/c1-8(2)14-17-7-11(16-3)13(19-14)15(20)18-10-6-9-4-5-12(10)21-9/h7-10,12,16H,4-6H2,1-3H3,(H,18,20). The third-order valence-corrected chi connectivity index (χ3v) is 4.23. The molecule has 6 nitrogen and oxygen atoms in total. The fraction of sp³-hybridized carbons (Fsp3) is 0.667. The Bertz CT molecular complexity index is 546. The summed E-state index contributed by atoms with van der Waals surface area (Å²) in [6.07, 6.45) is 5.23. The van der Waals surface area contributed by atoms with Crippen molar-refractivity contribution in [3.63, 3.8) is 0 Å². The van der Waals surface area contributed by atoms with Gasteiger partial charge in [-0.15, -0.1) is 0 Å². The van der Waals surface area contributed by atoms with Crippen LogP contribution in [-0.2, 0) is 4.74 Å². The maximum Gasteiger partial charge on any atom is 0.272 e. The molecule has 2 aliphatic rings. The summed E-state index contributed by atoms with van der Waals surface area (Å²) in [6.45, 7) is 4.03. The molecule has 2 N–H and O–H groups in total. The summed E-state index contributed by atoms with van der Waals surface area (Å²) in [6, 6.07) is 0.110. The Labute approximate surface area is 124 Å². The Balaban J connectivity index is 1.78. The quantitative estimate of drug-likeness (QED) is 0.882. The topological polar surface area (TPSA) is 76.1 Å². The van der Waals surface area contributed by atoms with Gasteiger partial charge in [-0.3, -0.25) is 4.79 Å². The summed E-state index contributed by atoms with van der Waals surface area (Å²) in [5.41, 5.74) is 1.07. The zero-order valence-electron chi connectivity index (χ0n) is 12.7.